The van der Waals surface area contributed by atoms with Gasteiger partial charge in [0.2, 0.25) is 0 Å². The van der Waals surface area contributed by atoms with Gasteiger partial charge in [-0.2, -0.15) is 5.10 Å². The van der Waals surface area contributed by atoms with Crippen LogP contribution in [0.15, 0.2) is 76.4 Å². The van der Waals surface area contributed by atoms with Crippen molar-refractivity contribution in [2.24, 2.45) is 5.10 Å². The fourth-order valence-electron chi connectivity index (χ4n) is 3.89. The van der Waals surface area contributed by atoms with Crippen LogP contribution in [0.5, 0.6) is 0 Å². The molecule has 1 unspecified atom stereocenters. The Morgan fingerprint density at radius 3 is 2.68 bits per heavy atom. The van der Waals surface area contributed by atoms with Gasteiger partial charge in [-0.25, -0.2) is 9.99 Å². The largest absolute Gasteiger partial charge is 0.467 e. The molecule has 3 heterocycles. The number of aliphatic hydroxyl groups excluding tert-OH is 1. The second-order valence-electron chi connectivity index (χ2n) is 7.29. The Balaban J connectivity index is 1.50. The maximum atomic E-state index is 13.4. The number of para-hydroxylation sites is 2. The van der Waals surface area contributed by atoms with Crippen LogP contribution in [0.25, 0.3) is 11.0 Å². The quantitative estimate of drug-likeness (QED) is 0.511. The Labute approximate surface area is 183 Å². The average Bonchev–Trinajstić information content (AvgIpc) is 3.53. The molecule has 2 aromatic carbocycles. The van der Waals surface area contributed by atoms with Crippen LogP contribution in [0.4, 0.5) is 0 Å². The molecule has 0 fully saturated rings. The van der Waals surface area contributed by atoms with Crippen molar-refractivity contribution in [3.63, 3.8) is 0 Å². The lowest BCUT2D eigenvalue weighted by atomic mass is 10.0. The zero-order valence-corrected chi connectivity index (χ0v) is 17.2. The van der Waals surface area contributed by atoms with Gasteiger partial charge in [-0.1, -0.05) is 35.9 Å². The molecule has 0 spiro atoms. The number of nitrogens with zero attached hydrogens (tertiary/aromatic N) is 4. The van der Waals surface area contributed by atoms with E-state index in [9.17, 15) is 9.90 Å². The summed E-state index contributed by atoms with van der Waals surface area (Å²) in [5, 5.41) is 16.5. The van der Waals surface area contributed by atoms with Gasteiger partial charge in [-0.15, -0.1) is 0 Å². The summed E-state index contributed by atoms with van der Waals surface area (Å²) >= 11 is 6.01. The molecule has 5 rings (SSSR count). The third-order valence-corrected chi connectivity index (χ3v) is 5.64. The van der Waals surface area contributed by atoms with Crippen molar-refractivity contribution in [1.29, 1.82) is 0 Å². The van der Waals surface area contributed by atoms with Gasteiger partial charge in [-0.05, 0) is 42.0 Å². The fourth-order valence-corrected chi connectivity index (χ4v) is 4.02. The number of amides is 1. The van der Waals surface area contributed by atoms with Crippen LogP contribution in [0.1, 0.15) is 29.6 Å². The zero-order chi connectivity index (χ0) is 21.4. The lowest BCUT2D eigenvalue weighted by Gasteiger charge is -2.20. The highest BCUT2D eigenvalue weighted by Gasteiger charge is 2.35. The number of aliphatic hydroxyl groups is 1. The lowest BCUT2D eigenvalue weighted by molar-refractivity contribution is -0.134. The molecule has 31 heavy (non-hydrogen) atoms. The summed E-state index contributed by atoms with van der Waals surface area (Å²) in [5.74, 6) is 0.882. The second kappa shape index (κ2) is 8.02. The number of aromatic nitrogens is 2. The molecular weight excluding hydrogens is 416 g/mol. The molecule has 4 aromatic rings. The maximum absolute atomic E-state index is 13.4. The Kier molecular flexibility index (Phi) is 5.05. The maximum Gasteiger partial charge on any atom is 0.263 e. The Morgan fingerprint density at radius 1 is 1.13 bits per heavy atom. The van der Waals surface area contributed by atoms with Crippen molar-refractivity contribution >= 4 is 34.3 Å². The summed E-state index contributed by atoms with van der Waals surface area (Å²) in [6, 6.07) is 18.2. The molecule has 1 aliphatic rings. The fraction of sp³-hybridized carbons (Fsp3) is 0.174. The van der Waals surface area contributed by atoms with Crippen molar-refractivity contribution in [2.75, 3.05) is 0 Å². The number of carbonyl (C=O) groups is 1. The van der Waals surface area contributed by atoms with Crippen molar-refractivity contribution in [3.05, 3.63) is 89.1 Å². The molecule has 0 saturated heterocycles. The summed E-state index contributed by atoms with van der Waals surface area (Å²) in [7, 11) is 0. The minimum Gasteiger partial charge on any atom is -0.467 e. The van der Waals surface area contributed by atoms with Gasteiger partial charge >= 0.3 is 0 Å². The molecule has 8 heteroatoms. The first kappa shape index (κ1) is 19.5. The Hall–Kier alpha value is -3.42. The van der Waals surface area contributed by atoms with E-state index in [1.807, 2.05) is 42.5 Å². The van der Waals surface area contributed by atoms with E-state index in [0.29, 0.717) is 23.0 Å². The number of rotatable bonds is 5. The zero-order valence-electron chi connectivity index (χ0n) is 16.5. The molecule has 1 N–H and O–H groups in total. The van der Waals surface area contributed by atoms with Gasteiger partial charge < -0.3 is 14.1 Å². The van der Waals surface area contributed by atoms with Gasteiger partial charge in [0, 0.05) is 11.4 Å². The molecule has 156 valence electrons. The number of carbonyl (C=O) groups excluding carboxylic acids is 1. The molecule has 0 radical (unpaired) electrons. The van der Waals surface area contributed by atoms with E-state index in [-0.39, 0.29) is 25.1 Å². The third-order valence-electron chi connectivity index (χ3n) is 5.38. The highest BCUT2D eigenvalue weighted by Crippen LogP contribution is 2.33. The summed E-state index contributed by atoms with van der Waals surface area (Å²) in [4.78, 5) is 17.8. The normalized spacial score (nSPS) is 16.1. The molecule has 7 nitrogen and oxygen atoms in total. The minimum atomic E-state index is -0.347. The molecule has 0 aliphatic carbocycles. The van der Waals surface area contributed by atoms with Gasteiger partial charge in [0.25, 0.3) is 5.91 Å². The van der Waals surface area contributed by atoms with Crippen molar-refractivity contribution in [1.82, 2.24) is 14.6 Å². The molecule has 1 aliphatic heterocycles. The van der Waals surface area contributed by atoms with Crippen LogP contribution in [0, 0.1) is 0 Å². The van der Waals surface area contributed by atoms with Crippen LogP contribution in [0.3, 0.4) is 0 Å². The number of hydrazone groups is 1. The third kappa shape index (κ3) is 3.62. The van der Waals surface area contributed by atoms with Crippen LogP contribution in [-0.2, 0) is 17.9 Å². The summed E-state index contributed by atoms with van der Waals surface area (Å²) < 4.78 is 7.33. The molecule has 0 bridgehead atoms. The highest BCUT2D eigenvalue weighted by atomic mass is 35.5. The SMILES string of the molecule is O=C(Cn1c(CO)nc2ccccc21)N1N=C(c2ccc(Cl)cc2)CC1c1ccco1. The van der Waals surface area contributed by atoms with E-state index < -0.39 is 0 Å². The van der Waals surface area contributed by atoms with Crippen LogP contribution < -0.4 is 0 Å². The predicted octanol–water partition coefficient (Wildman–Crippen LogP) is 4.15. The Bertz CT molecular complexity index is 1260. The second-order valence-corrected chi connectivity index (χ2v) is 7.72. The van der Waals surface area contributed by atoms with E-state index in [1.54, 1.807) is 29.0 Å². The number of fused-ring (bicyclic) bond motifs is 1. The van der Waals surface area contributed by atoms with E-state index in [1.165, 1.54) is 5.01 Å². The van der Waals surface area contributed by atoms with Gasteiger partial charge in [-0.3, -0.25) is 4.79 Å². The first-order chi connectivity index (χ1) is 15.1. The monoisotopic (exact) mass is 434 g/mol. The predicted molar refractivity (Wildman–Crippen MR) is 117 cm³/mol. The summed E-state index contributed by atoms with van der Waals surface area (Å²) in [5.41, 5.74) is 3.20. The minimum absolute atomic E-state index is 0.00497. The summed E-state index contributed by atoms with van der Waals surface area (Å²) in [6.45, 7) is -0.256. The van der Waals surface area contributed by atoms with E-state index in [4.69, 9.17) is 16.0 Å². The van der Waals surface area contributed by atoms with Gasteiger partial charge in [0.1, 0.15) is 30.8 Å². The number of hydrogen-bond acceptors (Lipinski definition) is 5. The van der Waals surface area contributed by atoms with Crippen molar-refractivity contribution < 1.29 is 14.3 Å². The number of hydrogen-bond donors (Lipinski definition) is 1. The van der Waals surface area contributed by atoms with Gasteiger partial charge in [0.05, 0.1) is 23.0 Å². The number of benzene rings is 2. The van der Waals surface area contributed by atoms with Crippen LogP contribution >= 0.6 is 11.6 Å². The first-order valence-corrected chi connectivity index (χ1v) is 10.3. The summed E-state index contributed by atoms with van der Waals surface area (Å²) in [6.07, 6.45) is 2.12. The Morgan fingerprint density at radius 2 is 1.94 bits per heavy atom. The molecular formula is C23H19ClN4O3. The number of imidazole rings is 1. The highest BCUT2D eigenvalue weighted by molar-refractivity contribution is 6.30. The van der Waals surface area contributed by atoms with E-state index >= 15 is 0 Å². The van der Waals surface area contributed by atoms with E-state index in [0.717, 1.165) is 22.3 Å². The molecule has 2 aromatic heterocycles. The van der Waals surface area contributed by atoms with Crippen LogP contribution in [-0.4, -0.2) is 31.3 Å². The topological polar surface area (TPSA) is 83.9 Å². The molecule has 1 amide bonds. The molecule has 1 atom stereocenters. The first-order valence-electron chi connectivity index (χ1n) is 9.88. The number of halogens is 1. The lowest BCUT2D eigenvalue weighted by Crippen LogP contribution is -2.30. The average molecular weight is 435 g/mol. The number of furan rings is 1. The smallest absolute Gasteiger partial charge is 0.263 e. The van der Waals surface area contributed by atoms with Crippen LogP contribution in [0.2, 0.25) is 5.02 Å². The van der Waals surface area contributed by atoms with Crippen molar-refractivity contribution in [3.8, 4) is 0 Å². The standard InChI is InChI=1S/C23H19ClN4O3/c24-16-9-7-15(8-10-16)18-12-20(21-6-3-11-31-21)28(26-18)23(30)13-27-19-5-2-1-4-17(19)25-22(27)14-29/h1-11,20,29H,12-14H2. The van der Waals surface area contributed by atoms with E-state index in [2.05, 4.69) is 10.1 Å². The molecule has 0 saturated carbocycles. The van der Waals surface area contributed by atoms with Gasteiger partial charge in [0.15, 0.2) is 0 Å². The van der Waals surface area contributed by atoms with Crippen molar-refractivity contribution in [2.45, 2.75) is 25.6 Å².